The first-order valence-electron chi connectivity index (χ1n) is 8.25. The zero-order chi connectivity index (χ0) is 17.9. The van der Waals surface area contributed by atoms with Crippen molar-refractivity contribution in [2.75, 3.05) is 20.1 Å². The topological polar surface area (TPSA) is 52.6 Å². The van der Waals surface area contributed by atoms with Crippen molar-refractivity contribution in [1.29, 1.82) is 0 Å². The summed E-state index contributed by atoms with van der Waals surface area (Å²) in [6.07, 6.45) is -0.0641. The van der Waals surface area contributed by atoms with Gasteiger partial charge < -0.3 is 15.1 Å². The molecule has 1 saturated heterocycles. The fraction of sp³-hybridized carbons (Fsp3) is 0.750. The Hall–Kier alpha value is -1.73. The molecule has 2 atom stereocenters. The zero-order valence-corrected chi connectivity index (χ0v) is 13.8. The molecule has 5 nitrogen and oxygen atoms in total. The van der Waals surface area contributed by atoms with E-state index < -0.39 is 30.2 Å². The van der Waals surface area contributed by atoms with Crippen molar-refractivity contribution in [2.45, 2.75) is 50.4 Å². The van der Waals surface area contributed by atoms with Crippen LogP contribution < -0.4 is 5.32 Å². The molecule has 1 heterocycles. The van der Waals surface area contributed by atoms with Crippen LogP contribution in [-0.4, -0.2) is 60.1 Å². The third-order valence-electron chi connectivity index (χ3n) is 4.91. The molecule has 24 heavy (non-hydrogen) atoms. The molecular weight excluding hydrogens is 323 g/mol. The Kier molecular flexibility index (Phi) is 5.77. The van der Waals surface area contributed by atoms with Gasteiger partial charge in [0.25, 0.3) is 0 Å². The Morgan fingerprint density at radius 2 is 2.04 bits per heavy atom. The third kappa shape index (κ3) is 4.02. The van der Waals surface area contributed by atoms with Crippen LogP contribution in [0.2, 0.25) is 0 Å². The molecule has 136 valence electrons. The molecule has 3 amide bonds. The van der Waals surface area contributed by atoms with E-state index in [2.05, 4.69) is 11.9 Å². The van der Waals surface area contributed by atoms with Gasteiger partial charge in [-0.3, -0.25) is 4.79 Å². The number of hydrogen-bond donors (Lipinski definition) is 1. The first-order valence-corrected chi connectivity index (χ1v) is 8.25. The maximum absolute atomic E-state index is 13.3. The number of hydrogen-bond acceptors (Lipinski definition) is 2. The maximum atomic E-state index is 13.3. The van der Waals surface area contributed by atoms with Crippen molar-refractivity contribution in [3.8, 4) is 0 Å². The molecule has 2 fully saturated rings. The summed E-state index contributed by atoms with van der Waals surface area (Å²) in [5.41, 5.74) is 0. The SMILES string of the molecule is C=CCN1CCC(N(C)C(=O)NC(C2CCCC2)C(F)(F)F)C1=O. The highest BCUT2D eigenvalue weighted by Crippen LogP contribution is 2.35. The molecule has 2 aliphatic rings. The number of halogens is 3. The van der Waals surface area contributed by atoms with Crippen molar-refractivity contribution in [2.24, 2.45) is 5.92 Å². The minimum Gasteiger partial charge on any atom is -0.337 e. The van der Waals surface area contributed by atoms with E-state index in [1.54, 1.807) is 11.0 Å². The summed E-state index contributed by atoms with van der Waals surface area (Å²) in [7, 11) is 1.37. The number of carbonyl (C=O) groups is 2. The number of likely N-dealkylation sites (tertiary alicyclic amines) is 1. The van der Waals surface area contributed by atoms with Crippen LogP contribution in [0.3, 0.4) is 0 Å². The van der Waals surface area contributed by atoms with Crippen molar-refractivity contribution in [3.63, 3.8) is 0 Å². The van der Waals surface area contributed by atoms with Gasteiger partial charge in [-0.05, 0) is 25.2 Å². The highest BCUT2D eigenvalue weighted by Gasteiger charge is 2.47. The lowest BCUT2D eigenvalue weighted by Crippen LogP contribution is -2.55. The van der Waals surface area contributed by atoms with E-state index in [0.29, 0.717) is 32.4 Å². The quantitative estimate of drug-likeness (QED) is 0.777. The highest BCUT2D eigenvalue weighted by molar-refractivity contribution is 5.88. The number of carbonyl (C=O) groups excluding carboxylic acids is 2. The highest BCUT2D eigenvalue weighted by atomic mass is 19.4. The normalized spacial score (nSPS) is 23.4. The third-order valence-corrected chi connectivity index (χ3v) is 4.91. The summed E-state index contributed by atoms with van der Waals surface area (Å²) in [5, 5.41) is 2.11. The van der Waals surface area contributed by atoms with Crippen molar-refractivity contribution in [3.05, 3.63) is 12.7 Å². The molecule has 1 aliphatic carbocycles. The van der Waals surface area contributed by atoms with Crippen LogP contribution in [0.15, 0.2) is 12.7 Å². The van der Waals surface area contributed by atoms with Gasteiger partial charge in [0.2, 0.25) is 5.91 Å². The van der Waals surface area contributed by atoms with E-state index >= 15 is 0 Å². The molecular formula is C16H24F3N3O2. The molecule has 1 aliphatic heterocycles. The standard InChI is InChI=1S/C16H24F3N3O2/c1-3-9-22-10-8-12(14(22)23)21(2)15(24)20-13(16(17,18)19)11-6-4-5-7-11/h3,11-13H,1,4-10H2,2H3,(H,20,24). The summed E-state index contributed by atoms with van der Waals surface area (Å²) < 4.78 is 39.9. The molecule has 0 bridgehead atoms. The van der Waals surface area contributed by atoms with Gasteiger partial charge in [0.05, 0.1) is 0 Å². The lowest BCUT2D eigenvalue weighted by Gasteiger charge is -2.31. The summed E-state index contributed by atoms with van der Waals surface area (Å²) in [6.45, 7) is 4.41. The number of nitrogens with zero attached hydrogens (tertiary/aromatic N) is 2. The van der Waals surface area contributed by atoms with Crippen LogP contribution in [0.1, 0.15) is 32.1 Å². The Bertz CT molecular complexity index is 489. The van der Waals surface area contributed by atoms with E-state index in [-0.39, 0.29) is 5.91 Å². The van der Waals surface area contributed by atoms with Gasteiger partial charge in [0, 0.05) is 20.1 Å². The lowest BCUT2D eigenvalue weighted by atomic mass is 9.98. The van der Waals surface area contributed by atoms with Crippen LogP contribution in [0, 0.1) is 5.92 Å². The Balaban J connectivity index is 2.01. The first kappa shape index (κ1) is 18.6. The average Bonchev–Trinajstić information content (AvgIpc) is 3.14. The summed E-state index contributed by atoms with van der Waals surface area (Å²) in [5.74, 6) is -0.837. The maximum Gasteiger partial charge on any atom is 0.408 e. The second-order valence-corrected chi connectivity index (χ2v) is 6.50. The number of urea groups is 1. The second kappa shape index (κ2) is 7.44. The molecule has 0 aromatic heterocycles. The van der Waals surface area contributed by atoms with E-state index in [9.17, 15) is 22.8 Å². The lowest BCUT2D eigenvalue weighted by molar-refractivity contribution is -0.165. The van der Waals surface area contributed by atoms with Crippen LogP contribution >= 0.6 is 0 Å². The first-order chi connectivity index (χ1) is 11.3. The predicted octanol–water partition coefficient (Wildman–Crippen LogP) is 2.54. The smallest absolute Gasteiger partial charge is 0.337 e. The average molecular weight is 347 g/mol. The summed E-state index contributed by atoms with van der Waals surface area (Å²) in [6, 6.07) is -3.42. The van der Waals surface area contributed by atoms with Crippen molar-refractivity contribution < 1.29 is 22.8 Å². The number of nitrogens with one attached hydrogen (secondary N) is 1. The molecule has 0 aromatic carbocycles. The molecule has 0 radical (unpaired) electrons. The molecule has 0 aromatic rings. The minimum atomic E-state index is -4.49. The van der Waals surface area contributed by atoms with Crippen LogP contribution in [0.25, 0.3) is 0 Å². The van der Waals surface area contributed by atoms with E-state index in [1.807, 2.05) is 0 Å². The molecule has 1 N–H and O–H groups in total. The number of likely N-dealkylation sites (N-methyl/N-ethyl adjacent to an activating group) is 1. The van der Waals surface area contributed by atoms with Crippen LogP contribution in [0.5, 0.6) is 0 Å². The van der Waals surface area contributed by atoms with Gasteiger partial charge in [-0.1, -0.05) is 18.9 Å². The minimum absolute atomic E-state index is 0.253. The Morgan fingerprint density at radius 1 is 1.42 bits per heavy atom. The van der Waals surface area contributed by atoms with Gasteiger partial charge in [0.1, 0.15) is 12.1 Å². The van der Waals surface area contributed by atoms with Crippen LogP contribution in [-0.2, 0) is 4.79 Å². The molecule has 2 rings (SSSR count). The largest absolute Gasteiger partial charge is 0.408 e. The number of amides is 3. The van der Waals surface area contributed by atoms with E-state index in [4.69, 9.17) is 0 Å². The fourth-order valence-corrected chi connectivity index (χ4v) is 3.55. The monoisotopic (exact) mass is 347 g/mol. The number of rotatable bonds is 5. The van der Waals surface area contributed by atoms with Gasteiger partial charge in [-0.25, -0.2) is 4.79 Å². The fourth-order valence-electron chi connectivity index (χ4n) is 3.55. The van der Waals surface area contributed by atoms with Gasteiger partial charge in [-0.15, -0.1) is 6.58 Å². The van der Waals surface area contributed by atoms with Crippen LogP contribution in [0.4, 0.5) is 18.0 Å². The van der Waals surface area contributed by atoms with Gasteiger partial charge in [-0.2, -0.15) is 13.2 Å². The Labute approximate surface area is 139 Å². The van der Waals surface area contributed by atoms with Gasteiger partial charge in [0.15, 0.2) is 0 Å². The summed E-state index contributed by atoms with van der Waals surface area (Å²) >= 11 is 0. The molecule has 8 heteroatoms. The van der Waals surface area contributed by atoms with Gasteiger partial charge >= 0.3 is 12.2 Å². The summed E-state index contributed by atoms with van der Waals surface area (Å²) in [4.78, 5) is 27.1. The molecule has 0 spiro atoms. The number of alkyl halides is 3. The van der Waals surface area contributed by atoms with E-state index in [1.165, 1.54) is 7.05 Å². The second-order valence-electron chi connectivity index (χ2n) is 6.50. The Morgan fingerprint density at radius 3 is 2.58 bits per heavy atom. The molecule has 2 unspecified atom stereocenters. The molecule has 1 saturated carbocycles. The predicted molar refractivity (Wildman–Crippen MR) is 83.3 cm³/mol. The zero-order valence-electron chi connectivity index (χ0n) is 13.8. The van der Waals surface area contributed by atoms with Crippen molar-refractivity contribution in [1.82, 2.24) is 15.1 Å². The van der Waals surface area contributed by atoms with Crippen molar-refractivity contribution >= 4 is 11.9 Å². The van der Waals surface area contributed by atoms with E-state index in [0.717, 1.165) is 17.7 Å².